The predicted octanol–water partition coefficient (Wildman–Crippen LogP) is 5.79. The maximum atomic E-state index is 13.0. The van der Waals surface area contributed by atoms with E-state index in [4.69, 9.17) is 9.47 Å². The number of methoxy groups -OCH3 is 1. The van der Waals surface area contributed by atoms with Crippen LogP contribution in [0.25, 0.3) is 11.1 Å². The largest absolute Gasteiger partial charge is 0.489 e. The van der Waals surface area contributed by atoms with Gasteiger partial charge in [-0.15, -0.1) is 0 Å². The van der Waals surface area contributed by atoms with Crippen molar-refractivity contribution < 1.29 is 23.9 Å². The number of rotatable bonds is 13. The average molecular weight is 620 g/mol. The Morgan fingerprint density at radius 3 is 2.15 bits per heavy atom. The van der Waals surface area contributed by atoms with E-state index in [0.717, 1.165) is 46.4 Å². The van der Waals surface area contributed by atoms with E-state index in [1.54, 1.807) is 12.4 Å². The molecule has 238 valence electrons. The molecule has 4 aromatic rings. The first kappa shape index (κ1) is 32.4. The van der Waals surface area contributed by atoms with Gasteiger partial charge < -0.3 is 19.7 Å². The zero-order valence-electron chi connectivity index (χ0n) is 26.3. The van der Waals surface area contributed by atoms with Gasteiger partial charge in [0, 0.05) is 44.7 Å². The average Bonchev–Trinajstić information content (AvgIpc) is 3.11. The Kier molecular flexibility index (Phi) is 11.5. The number of piperidine rings is 1. The second-order valence-electron chi connectivity index (χ2n) is 11.7. The lowest BCUT2D eigenvalue weighted by atomic mass is 9.92. The van der Waals surface area contributed by atoms with Crippen molar-refractivity contribution >= 4 is 17.8 Å². The lowest BCUT2D eigenvalue weighted by molar-refractivity contribution is -0.145. The van der Waals surface area contributed by atoms with E-state index in [9.17, 15) is 14.4 Å². The number of aromatic nitrogens is 1. The molecule has 0 spiro atoms. The van der Waals surface area contributed by atoms with Gasteiger partial charge in [-0.25, -0.2) is 4.79 Å². The normalized spacial score (nSPS) is 13.9. The van der Waals surface area contributed by atoms with Crippen LogP contribution in [-0.2, 0) is 38.6 Å². The summed E-state index contributed by atoms with van der Waals surface area (Å²) in [5.74, 6) is 0.363. The van der Waals surface area contributed by atoms with Crippen LogP contribution in [0, 0.1) is 5.92 Å². The van der Waals surface area contributed by atoms with Crippen LogP contribution in [0.3, 0.4) is 0 Å². The first-order valence-corrected chi connectivity index (χ1v) is 15.9. The molecule has 0 radical (unpaired) electrons. The number of carbonyl (C=O) groups excluding carboxylic acids is 3. The van der Waals surface area contributed by atoms with Crippen molar-refractivity contribution in [3.8, 4) is 16.9 Å². The molecule has 3 aromatic carbocycles. The molecule has 0 bridgehead atoms. The van der Waals surface area contributed by atoms with Crippen LogP contribution in [0.5, 0.6) is 5.75 Å². The molecule has 8 nitrogen and oxygen atoms in total. The van der Waals surface area contributed by atoms with Crippen LogP contribution in [0.4, 0.5) is 0 Å². The molecule has 8 heteroatoms. The summed E-state index contributed by atoms with van der Waals surface area (Å²) in [7, 11) is 1.33. The van der Waals surface area contributed by atoms with Gasteiger partial charge in [0.15, 0.2) is 0 Å². The summed E-state index contributed by atoms with van der Waals surface area (Å²) in [5.41, 5.74) is 5.34. The van der Waals surface area contributed by atoms with Gasteiger partial charge in [0.2, 0.25) is 11.8 Å². The summed E-state index contributed by atoms with van der Waals surface area (Å²) in [6, 6.07) is 28.9. The molecular weight excluding hydrogens is 578 g/mol. The van der Waals surface area contributed by atoms with Crippen molar-refractivity contribution in [1.82, 2.24) is 15.2 Å². The molecule has 2 heterocycles. The second kappa shape index (κ2) is 16.4. The summed E-state index contributed by atoms with van der Waals surface area (Å²) < 4.78 is 10.8. The van der Waals surface area contributed by atoms with Crippen molar-refractivity contribution in [3.63, 3.8) is 0 Å². The number of carbonyl (C=O) groups is 3. The fraction of sp³-hybridized carbons (Fsp3) is 0.316. The highest BCUT2D eigenvalue weighted by Crippen LogP contribution is 2.23. The molecule has 5 rings (SSSR count). The van der Waals surface area contributed by atoms with Crippen LogP contribution in [0.15, 0.2) is 103 Å². The third-order valence-electron chi connectivity index (χ3n) is 8.47. The molecule has 0 saturated carbocycles. The zero-order chi connectivity index (χ0) is 32.1. The van der Waals surface area contributed by atoms with E-state index < -0.39 is 12.0 Å². The number of hydrogen-bond donors (Lipinski definition) is 1. The highest BCUT2D eigenvalue weighted by atomic mass is 16.5. The van der Waals surface area contributed by atoms with Gasteiger partial charge in [0.1, 0.15) is 18.4 Å². The molecule has 1 atom stereocenters. The summed E-state index contributed by atoms with van der Waals surface area (Å²) >= 11 is 0. The number of likely N-dealkylation sites (tertiary alicyclic amines) is 1. The molecule has 0 aliphatic carbocycles. The predicted molar refractivity (Wildman–Crippen MR) is 177 cm³/mol. The topological polar surface area (TPSA) is 97.8 Å². The number of hydrogen-bond acceptors (Lipinski definition) is 6. The van der Waals surface area contributed by atoms with Crippen molar-refractivity contribution in [2.24, 2.45) is 5.92 Å². The first-order valence-electron chi connectivity index (χ1n) is 15.9. The minimum absolute atomic E-state index is 0.142. The Bertz CT molecular complexity index is 1550. The highest BCUT2D eigenvalue weighted by molar-refractivity contribution is 5.84. The zero-order valence-corrected chi connectivity index (χ0v) is 26.3. The summed E-state index contributed by atoms with van der Waals surface area (Å²) in [6.07, 6.45) is 6.85. The fourth-order valence-electron chi connectivity index (χ4n) is 5.75. The van der Waals surface area contributed by atoms with Crippen molar-refractivity contribution in [3.05, 3.63) is 120 Å². The highest BCUT2D eigenvalue weighted by Gasteiger charge is 2.27. The van der Waals surface area contributed by atoms with E-state index in [-0.39, 0.29) is 17.7 Å². The molecule has 1 aromatic heterocycles. The van der Waals surface area contributed by atoms with E-state index >= 15 is 0 Å². The molecule has 1 saturated heterocycles. The van der Waals surface area contributed by atoms with Gasteiger partial charge in [-0.05, 0) is 77.3 Å². The molecule has 1 N–H and O–H groups in total. The lowest BCUT2D eigenvalue weighted by Crippen LogP contribution is -2.44. The van der Waals surface area contributed by atoms with Gasteiger partial charge >= 0.3 is 5.97 Å². The summed E-state index contributed by atoms with van der Waals surface area (Å²) in [6.45, 7) is 1.74. The lowest BCUT2D eigenvalue weighted by Gasteiger charge is -2.32. The van der Waals surface area contributed by atoms with Crippen LogP contribution < -0.4 is 10.1 Å². The number of aryl methyl sites for hydroxylation is 1. The van der Waals surface area contributed by atoms with Crippen molar-refractivity contribution in [2.75, 3.05) is 20.2 Å². The number of pyridine rings is 1. The molecule has 2 amide bonds. The number of amides is 2. The Hall–Kier alpha value is -4.98. The second-order valence-corrected chi connectivity index (χ2v) is 11.7. The van der Waals surface area contributed by atoms with Crippen LogP contribution >= 0.6 is 0 Å². The van der Waals surface area contributed by atoms with Gasteiger partial charge in [-0.3, -0.25) is 14.6 Å². The van der Waals surface area contributed by atoms with Crippen LogP contribution in [-0.4, -0.2) is 53.9 Å². The number of nitrogens with one attached hydrogen (secondary N) is 1. The van der Waals surface area contributed by atoms with Gasteiger partial charge in [-0.1, -0.05) is 66.7 Å². The van der Waals surface area contributed by atoms with E-state index in [1.807, 2.05) is 71.6 Å². The Morgan fingerprint density at radius 2 is 1.48 bits per heavy atom. The van der Waals surface area contributed by atoms with Crippen LogP contribution in [0.1, 0.15) is 42.4 Å². The minimum Gasteiger partial charge on any atom is -0.489 e. The van der Waals surface area contributed by atoms with Gasteiger partial charge in [0.25, 0.3) is 0 Å². The quantitative estimate of drug-likeness (QED) is 0.190. The third kappa shape index (κ3) is 9.51. The van der Waals surface area contributed by atoms with E-state index in [0.29, 0.717) is 45.4 Å². The molecular formula is C38H41N3O5. The maximum absolute atomic E-state index is 13.0. The Labute approximate surface area is 270 Å². The number of benzene rings is 3. The van der Waals surface area contributed by atoms with Gasteiger partial charge in [0.05, 0.1) is 7.11 Å². The summed E-state index contributed by atoms with van der Waals surface area (Å²) in [5, 5.41) is 2.88. The molecule has 1 aliphatic rings. The number of ether oxygens (including phenoxy) is 2. The van der Waals surface area contributed by atoms with E-state index in [1.165, 1.54) is 7.11 Å². The maximum Gasteiger partial charge on any atom is 0.328 e. The molecule has 1 fully saturated rings. The number of nitrogens with zero attached hydrogens (tertiary/aromatic N) is 2. The summed E-state index contributed by atoms with van der Waals surface area (Å²) in [4.78, 5) is 44.4. The van der Waals surface area contributed by atoms with E-state index in [2.05, 4.69) is 34.6 Å². The SMILES string of the molecule is COC(=O)C(Cc1ccc(OCc2ccccc2)cc1)NC(=O)CC1CCN(C(=O)CCc2ccc(-c3ccncc3)cc2)CC1. The first-order chi connectivity index (χ1) is 22.5. The smallest absolute Gasteiger partial charge is 0.328 e. The Morgan fingerprint density at radius 1 is 0.826 bits per heavy atom. The number of esters is 1. The minimum atomic E-state index is -0.783. The molecule has 1 unspecified atom stereocenters. The monoisotopic (exact) mass is 619 g/mol. The van der Waals surface area contributed by atoms with Crippen molar-refractivity contribution in [1.29, 1.82) is 0 Å². The fourth-order valence-corrected chi connectivity index (χ4v) is 5.75. The standard InChI is InChI=1S/C38H41N3O5/c1-45-38(44)35(25-29-9-14-34(15-10-29)46-27-31-5-3-2-4-6-31)40-36(42)26-30-19-23-41(24-20-30)37(43)16-11-28-7-12-32(13-8-28)33-17-21-39-22-18-33/h2-10,12-15,17-18,21-22,30,35H,11,16,19-20,23-27H2,1H3,(H,40,42). The third-order valence-corrected chi connectivity index (χ3v) is 8.47. The molecule has 1 aliphatic heterocycles. The van der Waals surface area contributed by atoms with Crippen molar-refractivity contribution in [2.45, 2.75) is 51.2 Å². The van der Waals surface area contributed by atoms with Crippen LogP contribution in [0.2, 0.25) is 0 Å². The Balaban J connectivity index is 1.03. The molecule has 46 heavy (non-hydrogen) atoms. The van der Waals surface area contributed by atoms with Gasteiger partial charge in [-0.2, -0.15) is 0 Å².